The van der Waals surface area contributed by atoms with E-state index in [0.29, 0.717) is 28.5 Å². The van der Waals surface area contributed by atoms with Gasteiger partial charge in [0.1, 0.15) is 0 Å². The Morgan fingerprint density at radius 3 is 1.77 bits per heavy atom. The predicted molar refractivity (Wildman–Crippen MR) is 134 cm³/mol. The van der Waals surface area contributed by atoms with Gasteiger partial charge in [-0.15, -0.1) is 0 Å². The molecule has 0 fully saturated rings. The van der Waals surface area contributed by atoms with E-state index >= 15 is 0 Å². The zero-order valence-electron chi connectivity index (χ0n) is 19.5. The van der Waals surface area contributed by atoms with Gasteiger partial charge < -0.3 is 19.5 Å². The van der Waals surface area contributed by atoms with Crippen LogP contribution in [0.1, 0.15) is 36.6 Å². The molecule has 0 aliphatic carbocycles. The van der Waals surface area contributed by atoms with Gasteiger partial charge in [0.05, 0.1) is 21.3 Å². The molecular formula is C25H24BrN3O6. The van der Waals surface area contributed by atoms with Crippen LogP contribution in [0.4, 0.5) is 5.69 Å². The second kappa shape index (κ2) is 11.4. The lowest BCUT2D eigenvalue weighted by Gasteiger charge is -2.14. The molecule has 10 heteroatoms. The van der Waals surface area contributed by atoms with Crippen molar-refractivity contribution >= 4 is 39.3 Å². The minimum atomic E-state index is -0.589. The van der Waals surface area contributed by atoms with E-state index in [0.717, 1.165) is 10.0 Å². The van der Waals surface area contributed by atoms with Crippen molar-refractivity contribution in [3.63, 3.8) is 0 Å². The Kier molecular flexibility index (Phi) is 8.32. The number of benzene rings is 3. The summed E-state index contributed by atoms with van der Waals surface area (Å²) in [5, 5.41) is 2.81. The van der Waals surface area contributed by atoms with Crippen LogP contribution in [0.25, 0.3) is 0 Å². The van der Waals surface area contributed by atoms with E-state index < -0.39 is 11.8 Å². The van der Waals surface area contributed by atoms with Crippen LogP contribution in [0.2, 0.25) is 0 Å². The number of carbonyl (C=O) groups excluding carboxylic acids is 3. The third kappa shape index (κ3) is 6.10. The smallest absolute Gasteiger partial charge is 0.269 e. The van der Waals surface area contributed by atoms with E-state index in [1.807, 2.05) is 6.92 Å². The zero-order valence-corrected chi connectivity index (χ0v) is 21.1. The Labute approximate surface area is 210 Å². The molecule has 3 N–H and O–H groups in total. The van der Waals surface area contributed by atoms with Crippen molar-refractivity contribution in [3.8, 4) is 17.2 Å². The fourth-order valence-corrected chi connectivity index (χ4v) is 3.43. The normalized spacial score (nSPS) is 10.2. The molecule has 0 atom stereocenters. The molecule has 0 aliphatic rings. The fourth-order valence-electron chi connectivity index (χ4n) is 3.16. The summed E-state index contributed by atoms with van der Waals surface area (Å²) in [7, 11) is 4.33. The minimum absolute atomic E-state index is 0.186. The molecule has 0 saturated carbocycles. The number of aryl methyl sites for hydroxylation is 1. The molecule has 0 aliphatic heterocycles. The second-order valence-electron chi connectivity index (χ2n) is 7.31. The molecule has 35 heavy (non-hydrogen) atoms. The van der Waals surface area contributed by atoms with Crippen LogP contribution in [0.3, 0.4) is 0 Å². The number of ether oxygens (including phenoxy) is 3. The molecule has 9 nitrogen and oxygen atoms in total. The maximum atomic E-state index is 12.7. The molecule has 0 spiro atoms. The van der Waals surface area contributed by atoms with Crippen LogP contribution in [0, 0.1) is 6.92 Å². The first-order valence-corrected chi connectivity index (χ1v) is 11.1. The summed E-state index contributed by atoms with van der Waals surface area (Å²) in [5.41, 5.74) is 6.88. The first-order valence-electron chi connectivity index (χ1n) is 10.4. The fraction of sp³-hybridized carbons (Fsp3) is 0.160. The summed E-state index contributed by atoms with van der Waals surface area (Å²) >= 11 is 3.33. The van der Waals surface area contributed by atoms with Gasteiger partial charge in [-0.3, -0.25) is 25.2 Å². The molecule has 3 aromatic carbocycles. The molecule has 3 rings (SSSR count). The highest BCUT2D eigenvalue weighted by atomic mass is 79.9. The maximum Gasteiger partial charge on any atom is 0.269 e. The first-order chi connectivity index (χ1) is 16.8. The van der Waals surface area contributed by atoms with Crippen LogP contribution < -0.4 is 30.4 Å². The van der Waals surface area contributed by atoms with Crippen LogP contribution in [-0.4, -0.2) is 39.1 Å². The molecule has 0 heterocycles. The summed E-state index contributed by atoms with van der Waals surface area (Å²) in [5.74, 6) is -0.527. The van der Waals surface area contributed by atoms with E-state index in [1.54, 1.807) is 36.4 Å². The summed E-state index contributed by atoms with van der Waals surface area (Å²) < 4.78 is 16.6. The quantitative estimate of drug-likeness (QED) is 0.388. The lowest BCUT2D eigenvalue weighted by Crippen LogP contribution is -2.41. The van der Waals surface area contributed by atoms with Crippen molar-refractivity contribution in [2.75, 3.05) is 26.6 Å². The predicted octanol–water partition coefficient (Wildman–Crippen LogP) is 4.11. The van der Waals surface area contributed by atoms with E-state index in [-0.39, 0.29) is 17.0 Å². The van der Waals surface area contributed by atoms with Crippen molar-refractivity contribution in [2.24, 2.45) is 0 Å². The molecule has 3 aromatic rings. The Morgan fingerprint density at radius 1 is 0.686 bits per heavy atom. The van der Waals surface area contributed by atoms with E-state index in [4.69, 9.17) is 14.2 Å². The average molecular weight is 542 g/mol. The average Bonchev–Trinajstić information content (AvgIpc) is 2.87. The summed E-state index contributed by atoms with van der Waals surface area (Å²) in [4.78, 5) is 37.9. The molecule has 0 unspecified atom stereocenters. The molecule has 0 aromatic heterocycles. The highest BCUT2D eigenvalue weighted by molar-refractivity contribution is 9.10. The number of hydrazine groups is 1. The van der Waals surface area contributed by atoms with Gasteiger partial charge in [-0.25, -0.2) is 0 Å². The van der Waals surface area contributed by atoms with Gasteiger partial charge in [-0.1, -0.05) is 22.0 Å². The number of rotatable bonds is 7. The van der Waals surface area contributed by atoms with Crippen molar-refractivity contribution in [3.05, 3.63) is 81.3 Å². The third-order valence-corrected chi connectivity index (χ3v) is 5.60. The topological polar surface area (TPSA) is 115 Å². The van der Waals surface area contributed by atoms with Gasteiger partial charge in [-0.05, 0) is 61.0 Å². The van der Waals surface area contributed by atoms with Gasteiger partial charge in [0.2, 0.25) is 5.75 Å². The van der Waals surface area contributed by atoms with Crippen LogP contribution in [0.15, 0.2) is 59.1 Å². The van der Waals surface area contributed by atoms with Gasteiger partial charge in [0.15, 0.2) is 11.5 Å². The lowest BCUT2D eigenvalue weighted by atomic mass is 10.1. The number of halogens is 1. The lowest BCUT2D eigenvalue weighted by molar-refractivity contribution is 0.0846. The zero-order chi connectivity index (χ0) is 25.5. The number of hydrogen-bond acceptors (Lipinski definition) is 6. The largest absolute Gasteiger partial charge is 0.493 e. The molecule has 0 bridgehead atoms. The van der Waals surface area contributed by atoms with E-state index in [1.165, 1.54) is 39.5 Å². The van der Waals surface area contributed by atoms with Gasteiger partial charge in [0, 0.05) is 26.9 Å². The van der Waals surface area contributed by atoms with Crippen LogP contribution >= 0.6 is 15.9 Å². The first kappa shape index (κ1) is 25.6. The molecule has 3 amide bonds. The second-order valence-corrected chi connectivity index (χ2v) is 8.23. The SMILES string of the molecule is COc1cc(C(=O)NNC(=O)c2ccc(C)c(NC(=O)c3ccc(Br)cc3)c2)cc(OC)c1OC. The van der Waals surface area contributed by atoms with Gasteiger partial charge in [0.25, 0.3) is 17.7 Å². The van der Waals surface area contributed by atoms with Crippen molar-refractivity contribution < 1.29 is 28.6 Å². The van der Waals surface area contributed by atoms with Crippen LogP contribution in [-0.2, 0) is 0 Å². The summed E-state index contributed by atoms with van der Waals surface area (Å²) in [6, 6.07) is 14.7. The maximum absolute atomic E-state index is 12.7. The van der Waals surface area contributed by atoms with Gasteiger partial charge >= 0.3 is 0 Å². The van der Waals surface area contributed by atoms with E-state index in [9.17, 15) is 14.4 Å². The van der Waals surface area contributed by atoms with Crippen molar-refractivity contribution in [1.82, 2.24) is 10.9 Å². The number of anilines is 1. The molecule has 0 saturated heterocycles. The molecule has 182 valence electrons. The third-order valence-electron chi connectivity index (χ3n) is 5.07. The standard InChI is InChI=1S/C25H24BrN3O6/c1-14-5-6-16(11-19(14)27-23(30)15-7-9-18(26)10-8-15)24(31)28-29-25(32)17-12-20(33-2)22(35-4)21(13-17)34-3/h5-13H,1-4H3,(H,27,30)(H,28,31)(H,29,32). The Balaban J connectivity index is 1.71. The summed E-state index contributed by atoms with van der Waals surface area (Å²) in [6.07, 6.45) is 0. The number of methoxy groups -OCH3 is 3. The molecule has 0 radical (unpaired) electrons. The number of hydrogen-bond donors (Lipinski definition) is 3. The van der Waals surface area contributed by atoms with Crippen molar-refractivity contribution in [1.29, 1.82) is 0 Å². The number of carbonyl (C=O) groups is 3. The monoisotopic (exact) mass is 541 g/mol. The van der Waals surface area contributed by atoms with Gasteiger partial charge in [-0.2, -0.15) is 0 Å². The molecular weight excluding hydrogens is 518 g/mol. The Morgan fingerprint density at radius 2 is 1.23 bits per heavy atom. The van der Waals surface area contributed by atoms with E-state index in [2.05, 4.69) is 32.1 Å². The minimum Gasteiger partial charge on any atom is -0.493 e. The Bertz CT molecular complexity index is 1240. The number of nitrogens with one attached hydrogen (secondary N) is 3. The van der Waals surface area contributed by atoms with Crippen molar-refractivity contribution in [2.45, 2.75) is 6.92 Å². The van der Waals surface area contributed by atoms with Crippen LogP contribution in [0.5, 0.6) is 17.2 Å². The summed E-state index contributed by atoms with van der Waals surface area (Å²) in [6.45, 7) is 1.81. The number of amides is 3. The highest BCUT2D eigenvalue weighted by Gasteiger charge is 2.18. The Hall–Kier alpha value is -4.05. The highest BCUT2D eigenvalue weighted by Crippen LogP contribution is 2.38.